The summed E-state index contributed by atoms with van der Waals surface area (Å²) in [4.78, 5) is 15.1. The first-order valence-electron chi connectivity index (χ1n) is 9.70. The van der Waals surface area contributed by atoms with Crippen molar-refractivity contribution in [1.29, 1.82) is 0 Å². The van der Waals surface area contributed by atoms with Crippen molar-refractivity contribution in [2.45, 2.75) is 62.3 Å². The summed E-state index contributed by atoms with van der Waals surface area (Å²) in [7, 11) is 0. The Morgan fingerprint density at radius 3 is 2.76 bits per heavy atom. The lowest BCUT2D eigenvalue weighted by Gasteiger charge is -2.27. The first kappa shape index (κ1) is 20.2. The first-order valence-corrected chi connectivity index (χ1v) is 11.5. The van der Waals surface area contributed by atoms with Gasteiger partial charge in [0.2, 0.25) is 4.96 Å². The highest BCUT2D eigenvalue weighted by Crippen LogP contribution is 2.34. The lowest BCUT2D eigenvalue weighted by molar-refractivity contribution is 0.0217. The largest absolute Gasteiger partial charge is 0.444 e. The van der Waals surface area contributed by atoms with Crippen LogP contribution in [-0.4, -0.2) is 43.0 Å². The number of thioether (sulfide) groups is 1. The first-order chi connectivity index (χ1) is 13.8. The average Bonchev–Trinajstić information content (AvgIpc) is 3.34. The number of benzene rings is 1. The molecule has 9 heteroatoms. The zero-order valence-electron chi connectivity index (χ0n) is 17.1. The number of hydrogen-bond donors (Lipinski definition) is 0. The Morgan fingerprint density at radius 2 is 2.03 bits per heavy atom. The predicted molar refractivity (Wildman–Crippen MR) is 114 cm³/mol. The third kappa shape index (κ3) is 4.56. The van der Waals surface area contributed by atoms with E-state index in [0.29, 0.717) is 12.4 Å². The Morgan fingerprint density at radius 1 is 1.28 bits per heavy atom. The van der Waals surface area contributed by atoms with E-state index in [1.165, 1.54) is 22.5 Å². The molecule has 154 valence electrons. The molecule has 7 nitrogen and oxygen atoms in total. The minimum Gasteiger partial charge on any atom is -0.444 e. The Kier molecular flexibility index (Phi) is 5.52. The summed E-state index contributed by atoms with van der Waals surface area (Å²) in [6.07, 6.45) is 1.45. The molecule has 1 aromatic carbocycles. The fourth-order valence-electron chi connectivity index (χ4n) is 3.28. The molecule has 0 N–H and O–H groups in total. The summed E-state index contributed by atoms with van der Waals surface area (Å²) < 4.78 is 8.30. The van der Waals surface area contributed by atoms with Gasteiger partial charge in [0.05, 0.1) is 6.04 Å². The Balaban J connectivity index is 1.50. The molecule has 29 heavy (non-hydrogen) atoms. The van der Waals surface area contributed by atoms with Gasteiger partial charge in [-0.3, -0.25) is 4.90 Å². The van der Waals surface area contributed by atoms with Crippen LogP contribution in [0.1, 0.15) is 56.6 Å². The molecule has 0 spiro atoms. The quantitative estimate of drug-likeness (QED) is 0.550. The molecule has 0 saturated carbocycles. The number of rotatable bonds is 4. The van der Waals surface area contributed by atoms with Crippen molar-refractivity contribution >= 4 is 34.2 Å². The van der Waals surface area contributed by atoms with E-state index in [0.717, 1.165) is 27.9 Å². The molecule has 0 aliphatic carbocycles. The fourth-order valence-corrected chi connectivity index (χ4v) is 5.12. The van der Waals surface area contributed by atoms with Crippen molar-refractivity contribution in [3.05, 3.63) is 41.2 Å². The fraction of sp³-hybridized carbons (Fsp3) is 0.500. The molecule has 2 aromatic heterocycles. The standard InChI is InChI=1S/C20H25N5O2S2/c1-13-7-9-14(10-8-13)12-28-18-23-25-16(21-22-17(25)29-18)15-6-5-11-24(15)19(26)27-20(2,3)4/h7-10,15H,5-6,11-12H2,1-4H3. The number of amides is 1. The van der Waals surface area contributed by atoms with Gasteiger partial charge in [0.15, 0.2) is 10.2 Å². The zero-order chi connectivity index (χ0) is 20.6. The van der Waals surface area contributed by atoms with Gasteiger partial charge in [0.1, 0.15) is 5.60 Å². The third-order valence-corrected chi connectivity index (χ3v) is 6.76. The van der Waals surface area contributed by atoms with Crippen LogP contribution in [0.15, 0.2) is 28.6 Å². The van der Waals surface area contributed by atoms with Gasteiger partial charge < -0.3 is 4.74 Å². The highest BCUT2D eigenvalue weighted by molar-refractivity contribution is 8.00. The molecule has 0 radical (unpaired) electrons. The van der Waals surface area contributed by atoms with Crippen LogP contribution in [-0.2, 0) is 10.5 Å². The van der Waals surface area contributed by atoms with Gasteiger partial charge in [-0.15, -0.1) is 15.3 Å². The van der Waals surface area contributed by atoms with Gasteiger partial charge in [-0.2, -0.15) is 4.52 Å². The van der Waals surface area contributed by atoms with Gasteiger partial charge in [0.25, 0.3) is 0 Å². The number of likely N-dealkylation sites (tertiary alicyclic amines) is 1. The maximum Gasteiger partial charge on any atom is 0.410 e. The molecule has 1 atom stereocenters. The van der Waals surface area contributed by atoms with Gasteiger partial charge >= 0.3 is 6.09 Å². The third-order valence-electron chi connectivity index (χ3n) is 4.66. The molecule has 1 amide bonds. The second kappa shape index (κ2) is 7.95. The van der Waals surface area contributed by atoms with Crippen LogP contribution in [0.25, 0.3) is 4.96 Å². The smallest absolute Gasteiger partial charge is 0.410 e. The molecule has 4 rings (SSSR count). The number of fused-ring (bicyclic) bond motifs is 1. The van der Waals surface area contributed by atoms with Crippen molar-refractivity contribution < 1.29 is 9.53 Å². The van der Waals surface area contributed by atoms with E-state index >= 15 is 0 Å². The topological polar surface area (TPSA) is 72.6 Å². The lowest BCUT2D eigenvalue weighted by Crippen LogP contribution is -2.37. The van der Waals surface area contributed by atoms with E-state index in [4.69, 9.17) is 9.84 Å². The summed E-state index contributed by atoms with van der Waals surface area (Å²) in [6.45, 7) is 8.38. The highest BCUT2D eigenvalue weighted by Gasteiger charge is 2.36. The molecule has 3 aromatic rings. The molecular weight excluding hydrogens is 406 g/mol. The summed E-state index contributed by atoms with van der Waals surface area (Å²) in [5, 5.41) is 13.3. The summed E-state index contributed by atoms with van der Waals surface area (Å²) in [6, 6.07) is 8.38. The number of ether oxygens (including phenoxy) is 1. The Hall–Kier alpha value is -2.13. The number of hydrogen-bond acceptors (Lipinski definition) is 7. The van der Waals surface area contributed by atoms with Gasteiger partial charge in [-0.1, -0.05) is 52.9 Å². The van der Waals surface area contributed by atoms with E-state index in [1.54, 1.807) is 21.2 Å². The van der Waals surface area contributed by atoms with E-state index in [1.807, 2.05) is 20.8 Å². The van der Waals surface area contributed by atoms with Crippen LogP contribution in [0.3, 0.4) is 0 Å². The SMILES string of the molecule is Cc1ccc(CSc2nn3c(C4CCCN4C(=O)OC(C)(C)C)nnc3s2)cc1. The predicted octanol–water partition coefficient (Wildman–Crippen LogP) is 4.86. The van der Waals surface area contributed by atoms with Crippen LogP contribution < -0.4 is 0 Å². The summed E-state index contributed by atoms with van der Waals surface area (Å²) in [5.41, 5.74) is 2.00. The van der Waals surface area contributed by atoms with E-state index in [-0.39, 0.29) is 12.1 Å². The van der Waals surface area contributed by atoms with Crippen LogP contribution in [0.4, 0.5) is 4.79 Å². The van der Waals surface area contributed by atoms with Crippen molar-refractivity contribution in [1.82, 2.24) is 24.7 Å². The van der Waals surface area contributed by atoms with Crippen LogP contribution in [0.2, 0.25) is 0 Å². The molecule has 1 aliphatic heterocycles. The van der Waals surface area contributed by atoms with Gasteiger partial charge in [-0.05, 0) is 46.1 Å². The van der Waals surface area contributed by atoms with E-state index < -0.39 is 5.60 Å². The molecule has 1 saturated heterocycles. The van der Waals surface area contributed by atoms with Crippen molar-refractivity contribution in [2.75, 3.05) is 6.54 Å². The van der Waals surface area contributed by atoms with Crippen molar-refractivity contribution in [3.8, 4) is 0 Å². The number of aryl methyl sites for hydroxylation is 1. The van der Waals surface area contributed by atoms with Crippen molar-refractivity contribution in [3.63, 3.8) is 0 Å². The number of carbonyl (C=O) groups excluding carboxylic acids is 1. The maximum absolute atomic E-state index is 12.6. The van der Waals surface area contributed by atoms with E-state index in [9.17, 15) is 4.79 Å². The Bertz CT molecular complexity index is 1010. The second-order valence-corrected chi connectivity index (χ2v) is 10.4. The number of nitrogens with zero attached hydrogens (tertiary/aromatic N) is 5. The van der Waals surface area contributed by atoms with Crippen LogP contribution >= 0.6 is 23.1 Å². The normalized spacial score (nSPS) is 17.2. The molecular formula is C20H25N5O2S2. The summed E-state index contributed by atoms with van der Waals surface area (Å²) >= 11 is 3.21. The van der Waals surface area contributed by atoms with Crippen LogP contribution in [0.5, 0.6) is 0 Å². The van der Waals surface area contributed by atoms with Gasteiger partial charge in [-0.25, -0.2) is 4.79 Å². The molecule has 1 fully saturated rings. The monoisotopic (exact) mass is 431 g/mol. The molecule has 1 aliphatic rings. The molecule has 0 bridgehead atoms. The maximum atomic E-state index is 12.6. The minimum absolute atomic E-state index is 0.156. The molecule has 3 heterocycles. The highest BCUT2D eigenvalue weighted by atomic mass is 32.2. The number of aromatic nitrogens is 4. The van der Waals surface area contributed by atoms with Crippen molar-refractivity contribution in [2.24, 2.45) is 0 Å². The average molecular weight is 432 g/mol. The summed E-state index contributed by atoms with van der Waals surface area (Å²) in [5.74, 6) is 1.56. The number of carbonyl (C=O) groups is 1. The molecule has 1 unspecified atom stereocenters. The Labute approximate surface area is 178 Å². The van der Waals surface area contributed by atoms with Gasteiger partial charge in [0, 0.05) is 12.3 Å². The zero-order valence-corrected chi connectivity index (χ0v) is 18.7. The minimum atomic E-state index is -0.523. The lowest BCUT2D eigenvalue weighted by atomic mass is 10.2. The van der Waals surface area contributed by atoms with E-state index in [2.05, 4.69) is 41.4 Å². The van der Waals surface area contributed by atoms with Crippen LogP contribution in [0, 0.1) is 6.92 Å². The second-order valence-electron chi connectivity index (χ2n) is 8.23.